The molecule has 2 aliphatic heterocycles. The lowest BCUT2D eigenvalue weighted by Crippen LogP contribution is -2.39. The standard InChI is InChI=1S/C29H27FN2O5/c30-23-7-10-25-22(17-23)11-14-32(25)28(36)31-24-8-5-20(6-9-24)19-1-3-21(4-2-19)26(33)18-29(27(34)35)12-15-37-16-13-29/h1-10,17H,11-16,18H2,(H,31,36)(H,34,35). The number of ketones is 1. The average Bonchev–Trinajstić information content (AvgIpc) is 3.33. The Morgan fingerprint density at radius 1 is 0.946 bits per heavy atom. The largest absolute Gasteiger partial charge is 0.481 e. The molecule has 0 spiro atoms. The van der Waals surface area contributed by atoms with Gasteiger partial charge in [0.05, 0.1) is 5.41 Å². The van der Waals surface area contributed by atoms with Crippen molar-refractivity contribution >= 4 is 29.2 Å². The molecule has 1 fully saturated rings. The van der Waals surface area contributed by atoms with Crippen LogP contribution in [0.5, 0.6) is 0 Å². The molecule has 8 heteroatoms. The van der Waals surface area contributed by atoms with Crippen molar-refractivity contribution in [2.75, 3.05) is 30.0 Å². The Balaban J connectivity index is 1.23. The third-order valence-corrected chi connectivity index (χ3v) is 7.26. The third kappa shape index (κ3) is 5.11. The first-order valence-electron chi connectivity index (χ1n) is 12.3. The number of urea groups is 1. The highest BCUT2D eigenvalue weighted by molar-refractivity contribution is 6.03. The number of anilines is 2. The van der Waals surface area contributed by atoms with Crippen LogP contribution in [-0.4, -0.2) is 42.6 Å². The first-order valence-corrected chi connectivity index (χ1v) is 12.3. The van der Waals surface area contributed by atoms with Crippen LogP contribution >= 0.6 is 0 Å². The van der Waals surface area contributed by atoms with E-state index >= 15 is 0 Å². The number of benzene rings is 3. The first-order chi connectivity index (χ1) is 17.8. The number of amides is 2. The van der Waals surface area contributed by atoms with Gasteiger partial charge in [0.25, 0.3) is 0 Å². The molecule has 1 saturated heterocycles. The fourth-order valence-corrected chi connectivity index (χ4v) is 5.00. The first kappa shape index (κ1) is 24.6. The number of carboxylic acids is 1. The number of carboxylic acid groups (broad SMARTS) is 1. The van der Waals surface area contributed by atoms with Gasteiger partial charge in [-0.2, -0.15) is 0 Å². The minimum absolute atomic E-state index is 0.0458. The molecule has 3 aromatic carbocycles. The zero-order chi connectivity index (χ0) is 26.0. The van der Waals surface area contributed by atoms with Crippen LogP contribution in [0, 0.1) is 11.2 Å². The van der Waals surface area contributed by atoms with Gasteiger partial charge in [0, 0.05) is 43.1 Å². The van der Waals surface area contributed by atoms with Crippen molar-refractivity contribution in [2.45, 2.75) is 25.7 Å². The van der Waals surface area contributed by atoms with Gasteiger partial charge in [0.2, 0.25) is 0 Å². The number of hydrogen-bond donors (Lipinski definition) is 2. The van der Waals surface area contributed by atoms with Crippen LogP contribution in [0.3, 0.4) is 0 Å². The molecule has 0 saturated carbocycles. The smallest absolute Gasteiger partial charge is 0.326 e. The molecule has 190 valence electrons. The summed E-state index contributed by atoms with van der Waals surface area (Å²) in [7, 11) is 0. The highest BCUT2D eigenvalue weighted by atomic mass is 19.1. The molecule has 37 heavy (non-hydrogen) atoms. The van der Waals surface area contributed by atoms with E-state index in [9.17, 15) is 23.9 Å². The number of hydrogen-bond acceptors (Lipinski definition) is 4. The summed E-state index contributed by atoms with van der Waals surface area (Å²) in [5, 5.41) is 12.6. The Bertz CT molecular complexity index is 1330. The van der Waals surface area contributed by atoms with Gasteiger partial charge in [-0.25, -0.2) is 9.18 Å². The van der Waals surface area contributed by atoms with Crippen LogP contribution in [0.2, 0.25) is 0 Å². The number of carbonyl (C=O) groups excluding carboxylic acids is 2. The van der Waals surface area contributed by atoms with Gasteiger partial charge in [-0.05, 0) is 66.3 Å². The lowest BCUT2D eigenvalue weighted by Gasteiger charge is -2.32. The SMILES string of the molecule is O=C(CC1(C(=O)O)CCOCC1)c1ccc(-c2ccc(NC(=O)N3CCc4cc(F)ccc43)cc2)cc1. The van der Waals surface area contributed by atoms with Crippen LogP contribution in [0.15, 0.2) is 66.7 Å². The number of aliphatic carboxylic acids is 1. The predicted octanol–water partition coefficient (Wildman–Crippen LogP) is 5.54. The highest BCUT2D eigenvalue weighted by Gasteiger charge is 2.42. The van der Waals surface area contributed by atoms with Gasteiger partial charge in [0.1, 0.15) is 5.82 Å². The molecule has 7 nitrogen and oxygen atoms in total. The predicted molar refractivity (Wildman–Crippen MR) is 137 cm³/mol. The van der Waals surface area contributed by atoms with Gasteiger partial charge in [0.15, 0.2) is 5.78 Å². The maximum atomic E-state index is 13.5. The Kier molecular flexibility index (Phi) is 6.76. The number of halogens is 1. The molecule has 3 aromatic rings. The molecule has 0 unspecified atom stereocenters. The fraction of sp³-hybridized carbons (Fsp3) is 0.276. The molecule has 0 bridgehead atoms. The zero-order valence-corrected chi connectivity index (χ0v) is 20.2. The highest BCUT2D eigenvalue weighted by Crippen LogP contribution is 2.36. The topological polar surface area (TPSA) is 95.9 Å². The van der Waals surface area contributed by atoms with Crippen molar-refractivity contribution in [1.82, 2.24) is 0 Å². The zero-order valence-electron chi connectivity index (χ0n) is 20.2. The lowest BCUT2D eigenvalue weighted by molar-refractivity contribution is -0.154. The minimum atomic E-state index is -1.07. The van der Waals surface area contributed by atoms with Crippen molar-refractivity contribution in [3.05, 3.63) is 83.7 Å². The van der Waals surface area contributed by atoms with Crippen molar-refractivity contribution in [1.29, 1.82) is 0 Å². The monoisotopic (exact) mass is 502 g/mol. The van der Waals surface area contributed by atoms with E-state index in [1.54, 1.807) is 35.2 Å². The molecule has 0 aromatic heterocycles. The van der Waals surface area contributed by atoms with Gasteiger partial charge >= 0.3 is 12.0 Å². The van der Waals surface area contributed by atoms with Crippen LogP contribution in [0.1, 0.15) is 35.2 Å². The second-order valence-electron chi connectivity index (χ2n) is 9.56. The maximum absolute atomic E-state index is 13.5. The van der Waals surface area contributed by atoms with Crippen molar-refractivity contribution in [3.63, 3.8) is 0 Å². The van der Waals surface area contributed by atoms with Crippen molar-refractivity contribution in [2.24, 2.45) is 5.41 Å². The molecule has 5 rings (SSSR count). The van der Waals surface area contributed by atoms with Crippen LogP contribution in [0.4, 0.5) is 20.6 Å². The molecule has 2 heterocycles. The summed E-state index contributed by atoms with van der Waals surface area (Å²) in [5.41, 5.74) is 3.38. The number of nitrogens with one attached hydrogen (secondary N) is 1. The van der Waals surface area contributed by atoms with Gasteiger partial charge in [-0.1, -0.05) is 36.4 Å². The quantitative estimate of drug-likeness (QED) is 0.432. The van der Waals surface area contributed by atoms with E-state index in [-0.39, 0.29) is 24.1 Å². The van der Waals surface area contributed by atoms with E-state index in [0.29, 0.717) is 50.3 Å². The molecule has 2 aliphatic rings. The number of ether oxygens (including phenoxy) is 1. The lowest BCUT2D eigenvalue weighted by atomic mass is 9.75. The number of fused-ring (bicyclic) bond motifs is 1. The summed E-state index contributed by atoms with van der Waals surface area (Å²) in [6.45, 7) is 1.19. The summed E-state index contributed by atoms with van der Waals surface area (Å²) in [4.78, 5) is 39.1. The normalized spacial score (nSPS) is 16.2. The number of nitrogens with zero attached hydrogens (tertiary/aromatic N) is 1. The van der Waals surface area contributed by atoms with Gasteiger partial charge in [-0.15, -0.1) is 0 Å². The Hall–Kier alpha value is -4.04. The molecule has 2 N–H and O–H groups in total. The van der Waals surface area contributed by atoms with E-state index in [1.165, 1.54) is 12.1 Å². The second kappa shape index (κ2) is 10.1. The second-order valence-corrected chi connectivity index (χ2v) is 9.56. The summed E-state index contributed by atoms with van der Waals surface area (Å²) in [5.74, 6) is -1.45. The minimum Gasteiger partial charge on any atom is -0.481 e. The number of rotatable bonds is 6. The molecule has 0 atom stereocenters. The summed E-state index contributed by atoms with van der Waals surface area (Å²) in [6.07, 6.45) is 1.23. The Morgan fingerprint density at radius 2 is 1.59 bits per heavy atom. The third-order valence-electron chi connectivity index (χ3n) is 7.26. The number of Topliss-reactive ketones (excluding diaryl/α,β-unsaturated/α-hetero) is 1. The van der Waals surface area contributed by atoms with E-state index in [0.717, 1.165) is 22.4 Å². The molecule has 0 radical (unpaired) electrons. The maximum Gasteiger partial charge on any atom is 0.326 e. The Labute approximate surface area is 213 Å². The van der Waals surface area contributed by atoms with Crippen molar-refractivity contribution in [3.8, 4) is 11.1 Å². The summed E-state index contributed by atoms with van der Waals surface area (Å²) < 4.78 is 18.7. The van der Waals surface area contributed by atoms with E-state index < -0.39 is 11.4 Å². The van der Waals surface area contributed by atoms with E-state index in [4.69, 9.17) is 4.74 Å². The van der Waals surface area contributed by atoms with E-state index in [1.807, 2.05) is 24.3 Å². The summed E-state index contributed by atoms with van der Waals surface area (Å²) in [6, 6.07) is 18.6. The molecule has 0 aliphatic carbocycles. The van der Waals surface area contributed by atoms with Gasteiger partial charge in [-0.3, -0.25) is 14.5 Å². The van der Waals surface area contributed by atoms with Crippen LogP contribution in [0.25, 0.3) is 11.1 Å². The van der Waals surface area contributed by atoms with Crippen LogP contribution in [-0.2, 0) is 16.0 Å². The Morgan fingerprint density at radius 3 is 2.24 bits per heavy atom. The molecular formula is C29H27FN2O5. The summed E-state index contributed by atoms with van der Waals surface area (Å²) >= 11 is 0. The van der Waals surface area contributed by atoms with Crippen molar-refractivity contribution < 1.29 is 28.6 Å². The van der Waals surface area contributed by atoms with E-state index in [2.05, 4.69) is 5.32 Å². The molecular weight excluding hydrogens is 475 g/mol. The molecule has 2 amide bonds. The number of carbonyl (C=O) groups is 3. The average molecular weight is 503 g/mol. The van der Waals surface area contributed by atoms with Gasteiger partial charge < -0.3 is 15.2 Å². The fourth-order valence-electron chi connectivity index (χ4n) is 5.00. The van der Waals surface area contributed by atoms with Crippen LogP contribution < -0.4 is 10.2 Å².